The Bertz CT molecular complexity index is 699. The molecule has 1 N–H and O–H groups in total. The number of amides is 2. The molecule has 1 fully saturated rings. The minimum atomic E-state index is -1.13. The molecule has 2 atom stereocenters. The fourth-order valence-electron chi connectivity index (χ4n) is 2.51. The van der Waals surface area contributed by atoms with E-state index in [9.17, 15) is 18.5 Å². The number of benzene rings is 1. The number of cyclic esters (lactones) is 1. The normalized spacial score (nSPS) is 22.9. The average Bonchev–Trinajstić information content (AvgIpc) is 3.11. The third kappa shape index (κ3) is 3.46. The van der Waals surface area contributed by atoms with Gasteiger partial charge in [0.05, 0.1) is 30.7 Å². The number of carbonyl (C=O) groups is 2. The summed E-state index contributed by atoms with van der Waals surface area (Å²) in [5.41, 5.74) is 0.666. The third-order valence-electron chi connectivity index (χ3n) is 3.66. The summed E-state index contributed by atoms with van der Waals surface area (Å²) in [6, 6.07) is 4.38. The van der Waals surface area contributed by atoms with Gasteiger partial charge >= 0.3 is 6.09 Å². The maximum absolute atomic E-state index is 14.4. The van der Waals surface area contributed by atoms with Gasteiger partial charge in [0.2, 0.25) is 5.91 Å². The predicted molar refractivity (Wildman–Crippen MR) is 87.3 cm³/mol. The second-order valence-corrected chi connectivity index (χ2v) is 6.75. The summed E-state index contributed by atoms with van der Waals surface area (Å²) in [7, 11) is 0. The number of rotatable bonds is 4. The molecule has 0 bridgehead atoms. The van der Waals surface area contributed by atoms with Crippen molar-refractivity contribution in [3.63, 3.8) is 0 Å². The van der Waals surface area contributed by atoms with Gasteiger partial charge in [-0.1, -0.05) is 0 Å². The molecule has 1 unspecified atom stereocenters. The Labute approximate surface area is 141 Å². The Hall–Kier alpha value is -2.26. The Morgan fingerprint density at radius 1 is 1.54 bits per heavy atom. The number of nitrogens with zero attached hydrogens (tertiary/aromatic N) is 2. The molecule has 3 rings (SSSR count). The summed E-state index contributed by atoms with van der Waals surface area (Å²) >= 11 is -1.13. The highest BCUT2D eigenvalue weighted by molar-refractivity contribution is 7.94. The second-order valence-electron chi connectivity index (χ2n) is 5.45. The third-order valence-corrected chi connectivity index (χ3v) is 4.62. The van der Waals surface area contributed by atoms with E-state index in [1.54, 1.807) is 17.2 Å². The highest BCUT2D eigenvalue weighted by atomic mass is 32.2. The molecule has 1 aromatic carbocycles. The van der Waals surface area contributed by atoms with Gasteiger partial charge in [-0.05, 0) is 18.2 Å². The zero-order valence-electron chi connectivity index (χ0n) is 12.9. The van der Waals surface area contributed by atoms with Crippen LogP contribution < -0.4 is 15.1 Å². The zero-order valence-corrected chi connectivity index (χ0v) is 13.7. The first kappa shape index (κ1) is 16.6. The molecule has 0 saturated carbocycles. The molecular weight excluding hydrogens is 337 g/mol. The highest BCUT2D eigenvalue weighted by Gasteiger charge is 2.33. The van der Waals surface area contributed by atoms with E-state index in [0.717, 1.165) is 0 Å². The van der Waals surface area contributed by atoms with Crippen molar-refractivity contribution < 1.29 is 23.3 Å². The smallest absolute Gasteiger partial charge is 0.414 e. The van der Waals surface area contributed by atoms with Crippen molar-refractivity contribution >= 4 is 34.6 Å². The van der Waals surface area contributed by atoms with E-state index in [-0.39, 0.29) is 24.9 Å². The Balaban J connectivity index is 1.71. The van der Waals surface area contributed by atoms with Crippen molar-refractivity contribution in [2.24, 2.45) is 0 Å². The van der Waals surface area contributed by atoms with Gasteiger partial charge < -0.3 is 14.6 Å². The summed E-state index contributed by atoms with van der Waals surface area (Å²) in [5, 5.41) is 4.08. The van der Waals surface area contributed by atoms with E-state index in [1.807, 2.05) is 0 Å². The fourth-order valence-corrected chi connectivity index (χ4v) is 3.38. The predicted octanol–water partition coefficient (Wildman–Crippen LogP) is 1.28. The van der Waals surface area contributed by atoms with Gasteiger partial charge in [-0.2, -0.15) is 0 Å². The fraction of sp³-hybridized carbons (Fsp3) is 0.333. The van der Waals surface area contributed by atoms with Crippen LogP contribution in [-0.2, 0) is 20.7 Å². The molecule has 1 saturated heterocycles. The number of anilines is 2. The number of nitrogens with one attached hydrogen (secondary N) is 1. The lowest BCUT2D eigenvalue weighted by Gasteiger charge is -2.18. The lowest BCUT2D eigenvalue weighted by molar-refractivity contribution is -0.119. The van der Waals surface area contributed by atoms with Crippen molar-refractivity contribution in [3.05, 3.63) is 35.6 Å². The standard InChI is InChI=1S/C15H16FN3O4S/c1-10(20)17-7-12-8-19(15(21)23-12)11-2-3-14(13(16)6-11)18-4-5-24(22)9-18/h2-6,12H,7-9H2,1H3,(H,17,20)/t12-,24?/m0/s1. The van der Waals surface area contributed by atoms with Crippen LogP contribution in [0.5, 0.6) is 0 Å². The summed E-state index contributed by atoms with van der Waals surface area (Å²) in [6.45, 7) is 1.82. The van der Waals surface area contributed by atoms with Crippen LogP contribution in [0.15, 0.2) is 29.8 Å². The maximum Gasteiger partial charge on any atom is 0.414 e. The van der Waals surface area contributed by atoms with Crippen LogP contribution in [0.2, 0.25) is 0 Å². The molecule has 0 aromatic heterocycles. The van der Waals surface area contributed by atoms with Gasteiger partial charge in [-0.15, -0.1) is 0 Å². The van der Waals surface area contributed by atoms with Gasteiger partial charge in [0.15, 0.2) is 5.88 Å². The quantitative estimate of drug-likeness (QED) is 0.825. The molecule has 2 aliphatic heterocycles. The lowest BCUT2D eigenvalue weighted by Crippen LogP contribution is -2.33. The Morgan fingerprint density at radius 3 is 2.96 bits per heavy atom. The number of carbonyl (C=O) groups excluding carboxylic acids is 2. The van der Waals surface area contributed by atoms with Crippen LogP contribution in [0.3, 0.4) is 0 Å². The Kier molecular flexibility index (Phi) is 4.63. The Morgan fingerprint density at radius 2 is 2.33 bits per heavy atom. The van der Waals surface area contributed by atoms with E-state index in [1.165, 1.54) is 29.4 Å². The van der Waals surface area contributed by atoms with Gasteiger partial charge in [0, 0.05) is 18.1 Å². The highest BCUT2D eigenvalue weighted by Crippen LogP contribution is 2.29. The van der Waals surface area contributed by atoms with E-state index in [4.69, 9.17) is 4.74 Å². The van der Waals surface area contributed by atoms with Gasteiger partial charge in [-0.3, -0.25) is 14.6 Å². The van der Waals surface area contributed by atoms with E-state index in [2.05, 4.69) is 5.32 Å². The summed E-state index contributed by atoms with van der Waals surface area (Å²) in [6.07, 6.45) is 0.509. The first-order chi connectivity index (χ1) is 11.4. The minimum absolute atomic E-state index is 0.209. The van der Waals surface area contributed by atoms with Crippen molar-refractivity contribution in [3.8, 4) is 0 Å². The average molecular weight is 353 g/mol. The first-order valence-electron chi connectivity index (χ1n) is 7.28. The number of hydrogen-bond acceptors (Lipinski definition) is 5. The summed E-state index contributed by atoms with van der Waals surface area (Å²) in [5.74, 6) is -0.522. The van der Waals surface area contributed by atoms with Gasteiger partial charge in [0.25, 0.3) is 0 Å². The monoisotopic (exact) mass is 353 g/mol. The molecule has 2 aliphatic rings. The molecule has 0 radical (unpaired) electrons. The van der Waals surface area contributed by atoms with Crippen molar-refractivity contribution in [2.75, 3.05) is 28.8 Å². The largest absolute Gasteiger partial charge is 0.610 e. The molecule has 9 heteroatoms. The van der Waals surface area contributed by atoms with Crippen LogP contribution in [0.4, 0.5) is 20.6 Å². The van der Waals surface area contributed by atoms with Crippen molar-refractivity contribution in [1.82, 2.24) is 5.32 Å². The van der Waals surface area contributed by atoms with E-state index < -0.39 is 29.2 Å². The first-order valence-corrected chi connectivity index (χ1v) is 8.66. The lowest BCUT2D eigenvalue weighted by atomic mass is 10.2. The van der Waals surface area contributed by atoms with Crippen LogP contribution >= 0.6 is 0 Å². The second kappa shape index (κ2) is 6.70. The molecule has 24 heavy (non-hydrogen) atoms. The molecule has 1 aromatic rings. The molecule has 0 spiro atoms. The number of hydrogen-bond donors (Lipinski definition) is 1. The topological polar surface area (TPSA) is 84.9 Å². The maximum atomic E-state index is 14.4. The number of halogens is 1. The van der Waals surface area contributed by atoms with E-state index >= 15 is 0 Å². The summed E-state index contributed by atoms with van der Waals surface area (Å²) < 4.78 is 30.9. The van der Waals surface area contributed by atoms with E-state index in [0.29, 0.717) is 11.4 Å². The number of ether oxygens (including phenoxy) is 1. The van der Waals surface area contributed by atoms with Crippen molar-refractivity contribution in [2.45, 2.75) is 13.0 Å². The minimum Gasteiger partial charge on any atom is -0.610 e. The zero-order chi connectivity index (χ0) is 17.3. The van der Waals surface area contributed by atoms with Crippen LogP contribution in [-0.4, -0.2) is 41.6 Å². The summed E-state index contributed by atoms with van der Waals surface area (Å²) in [4.78, 5) is 25.7. The van der Waals surface area contributed by atoms with Crippen LogP contribution in [0.1, 0.15) is 6.92 Å². The molecular formula is C15H16FN3O4S. The molecule has 7 nitrogen and oxygen atoms in total. The molecule has 2 amide bonds. The van der Waals surface area contributed by atoms with Crippen molar-refractivity contribution in [1.29, 1.82) is 0 Å². The molecule has 2 heterocycles. The van der Waals surface area contributed by atoms with Gasteiger partial charge in [-0.25, -0.2) is 9.18 Å². The van der Waals surface area contributed by atoms with Gasteiger partial charge in [0.1, 0.15) is 17.3 Å². The van der Waals surface area contributed by atoms with Crippen LogP contribution in [0.25, 0.3) is 0 Å². The van der Waals surface area contributed by atoms with Crippen LogP contribution in [0, 0.1) is 5.82 Å². The molecule has 128 valence electrons. The molecule has 0 aliphatic carbocycles. The SMILES string of the molecule is CC(=O)NC[C@H]1CN(c2ccc(N3C=C[S+]([O-])C3)c(F)c2)C(=O)O1.